The normalized spacial score (nSPS) is 10.8. The van der Waals surface area contributed by atoms with Crippen LogP contribution in [-0.2, 0) is 20.1 Å². The molecule has 0 fully saturated rings. The van der Waals surface area contributed by atoms with E-state index in [0.717, 1.165) is 22.4 Å². The van der Waals surface area contributed by atoms with Crippen LogP contribution in [0.1, 0.15) is 28.7 Å². The first-order chi connectivity index (χ1) is 9.45. The molecule has 0 bridgehead atoms. The molecular weight excluding hydrogens is 322 g/mol. The number of aryl methyl sites for hydroxylation is 2. The van der Waals surface area contributed by atoms with Gasteiger partial charge in [0.05, 0.1) is 34.7 Å². The second-order valence-electron chi connectivity index (χ2n) is 4.68. The van der Waals surface area contributed by atoms with Gasteiger partial charge in [0.2, 0.25) is 0 Å². The minimum atomic E-state index is -0.0358. The molecule has 0 saturated heterocycles. The maximum absolute atomic E-state index is 12.4. The summed E-state index contributed by atoms with van der Waals surface area (Å²) in [6.45, 7) is 5.19. The van der Waals surface area contributed by atoms with Crippen molar-refractivity contribution in [3.8, 4) is 0 Å². The molecule has 0 aliphatic heterocycles. The molecule has 2 rings (SSSR count). The molecule has 20 heavy (non-hydrogen) atoms. The minimum absolute atomic E-state index is 0.0358. The Morgan fingerprint density at radius 2 is 2.10 bits per heavy atom. The Hall–Kier alpha value is -1.63. The Morgan fingerprint density at radius 3 is 2.65 bits per heavy atom. The van der Waals surface area contributed by atoms with E-state index in [0.29, 0.717) is 12.1 Å². The summed E-state index contributed by atoms with van der Waals surface area (Å²) in [6, 6.07) is 0. The number of hydrogen-bond acceptors (Lipinski definition) is 3. The van der Waals surface area contributed by atoms with Crippen molar-refractivity contribution >= 4 is 21.8 Å². The summed E-state index contributed by atoms with van der Waals surface area (Å²) in [5.41, 5.74) is 2.49. The summed E-state index contributed by atoms with van der Waals surface area (Å²) < 4.78 is 4.50. The quantitative estimate of drug-likeness (QED) is 0.855. The van der Waals surface area contributed by atoms with Gasteiger partial charge >= 0.3 is 0 Å². The largest absolute Gasteiger partial charge is 0.336 e. The van der Waals surface area contributed by atoms with Crippen LogP contribution in [0.15, 0.2) is 16.9 Å². The van der Waals surface area contributed by atoms with Gasteiger partial charge in [-0.2, -0.15) is 10.2 Å². The van der Waals surface area contributed by atoms with Gasteiger partial charge in [0, 0.05) is 26.3 Å². The van der Waals surface area contributed by atoms with E-state index in [1.165, 1.54) is 0 Å². The first kappa shape index (κ1) is 14.8. The van der Waals surface area contributed by atoms with Gasteiger partial charge in [-0.05, 0) is 29.8 Å². The Kier molecular flexibility index (Phi) is 4.27. The third-order valence-corrected chi connectivity index (χ3v) is 4.06. The summed E-state index contributed by atoms with van der Waals surface area (Å²) in [7, 11) is 3.61. The highest BCUT2D eigenvalue weighted by Crippen LogP contribution is 2.19. The maximum atomic E-state index is 12.4. The fourth-order valence-electron chi connectivity index (χ4n) is 2.03. The van der Waals surface area contributed by atoms with Gasteiger partial charge < -0.3 is 4.90 Å². The van der Waals surface area contributed by atoms with E-state index in [4.69, 9.17) is 0 Å². The Labute approximate surface area is 126 Å². The molecular formula is C13H18BrN5O. The molecule has 108 valence electrons. The zero-order valence-electron chi connectivity index (χ0n) is 12.1. The number of carbonyl (C=O) groups is 1. The van der Waals surface area contributed by atoms with Crippen molar-refractivity contribution in [1.82, 2.24) is 24.5 Å². The molecule has 7 heteroatoms. The smallest absolute Gasteiger partial charge is 0.257 e. The van der Waals surface area contributed by atoms with Gasteiger partial charge in [-0.25, -0.2) is 0 Å². The van der Waals surface area contributed by atoms with Gasteiger partial charge in [-0.3, -0.25) is 14.2 Å². The average Bonchev–Trinajstić information content (AvgIpc) is 2.94. The summed E-state index contributed by atoms with van der Waals surface area (Å²) >= 11 is 3.47. The fourth-order valence-corrected chi connectivity index (χ4v) is 2.45. The molecule has 0 saturated carbocycles. The van der Waals surface area contributed by atoms with Crippen molar-refractivity contribution < 1.29 is 4.79 Å². The molecule has 0 aliphatic rings. The van der Waals surface area contributed by atoms with Gasteiger partial charge in [-0.15, -0.1) is 0 Å². The van der Waals surface area contributed by atoms with Crippen molar-refractivity contribution in [3.05, 3.63) is 33.8 Å². The monoisotopic (exact) mass is 339 g/mol. The Morgan fingerprint density at radius 1 is 1.40 bits per heavy atom. The van der Waals surface area contributed by atoms with E-state index in [-0.39, 0.29) is 5.91 Å². The molecule has 0 unspecified atom stereocenters. The highest BCUT2D eigenvalue weighted by molar-refractivity contribution is 9.10. The Bertz CT molecular complexity index is 631. The lowest BCUT2D eigenvalue weighted by Gasteiger charge is -2.18. The number of rotatable bonds is 4. The van der Waals surface area contributed by atoms with E-state index >= 15 is 0 Å². The molecule has 0 aromatic carbocycles. The number of carbonyl (C=O) groups excluding carboxylic acids is 1. The third-order valence-electron chi connectivity index (χ3n) is 3.40. The van der Waals surface area contributed by atoms with Crippen LogP contribution >= 0.6 is 15.9 Å². The zero-order valence-corrected chi connectivity index (χ0v) is 13.7. The lowest BCUT2D eigenvalue weighted by Crippen LogP contribution is -2.28. The van der Waals surface area contributed by atoms with Crippen LogP contribution in [-0.4, -0.2) is 37.4 Å². The molecule has 1 amide bonds. The van der Waals surface area contributed by atoms with E-state index in [2.05, 4.69) is 26.1 Å². The predicted molar refractivity (Wildman–Crippen MR) is 79.3 cm³/mol. The predicted octanol–water partition coefficient (Wildman–Crippen LogP) is 1.98. The van der Waals surface area contributed by atoms with Gasteiger partial charge in [0.1, 0.15) is 0 Å². The molecule has 2 aromatic rings. The van der Waals surface area contributed by atoms with E-state index in [1.54, 1.807) is 29.0 Å². The molecule has 0 aliphatic carbocycles. The molecule has 2 heterocycles. The van der Waals surface area contributed by atoms with E-state index in [9.17, 15) is 4.79 Å². The summed E-state index contributed by atoms with van der Waals surface area (Å²) in [5, 5.41) is 8.37. The summed E-state index contributed by atoms with van der Waals surface area (Å²) in [4.78, 5) is 14.1. The second-order valence-corrected chi connectivity index (χ2v) is 5.54. The fraction of sp³-hybridized carbons (Fsp3) is 0.462. The molecule has 6 nitrogen and oxygen atoms in total. The number of aromatic nitrogens is 4. The number of amides is 1. The van der Waals surface area contributed by atoms with Crippen molar-refractivity contribution in [2.24, 2.45) is 7.05 Å². The minimum Gasteiger partial charge on any atom is -0.336 e. The van der Waals surface area contributed by atoms with Crippen LogP contribution < -0.4 is 0 Å². The second kappa shape index (κ2) is 5.78. The van der Waals surface area contributed by atoms with Gasteiger partial charge in [0.25, 0.3) is 5.91 Å². The van der Waals surface area contributed by atoms with Crippen molar-refractivity contribution in [2.45, 2.75) is 26.9 Å². The van der Waals surface area contributed by atoms with Crippen LogP contribution in [0.4, 0.5) is 0 Å². The number of hydrogen-bond donors (Lipinski definition) is 0. The molecule has 0 atom stereocenters. The average molecular weight is 340 g/mol. The summed E-state index contributed by atoms with van der Waals surface area (Å²) in [6.07, 6.45) is 3.37. The number of halogens is 1. The molecule has 0 radical (unpaired) electrons. The lowest BCUT2D eigenvalue weighted by atomic mass is 10.2. The van der Waals surface area contributed by atoms with Gasteiger partial charge in [-0.1, -0.05) is 0 Å². The third kappa shape index (κ3) is 2.63. The van der Waals surface area contributed by atoms with Crippen molar-refractivity contribution in [2.75, 3.05) is 7.05 Å². The standard InChI is InChI=1S/C13H18BrN5O/c1-5-19-12(11(14)7-16-19)8-17(3)13(20)10-6-15-18(4)9(10)2/h6-7H,5,8H2,1-4H3. The number of nitrogens with zero attached hydrogens (tertiary/aromatic N) is 5. The van der Waals surface area contributed by atoms with Crippen LogP contribution in [0.5, 0.6) is 0 Å². The first-order valence-corrected chi connectivity index (χ1v) is 7.19. The highest BCUT2D eigenvalue weighted by Gasteiger charge is 2.19. The van der Waals surface area contributed by atoms with E-state index < -0.39 is 0 Å². The molecule has 0 spiro atoms. The molecule has 0 N–H and O–H groups in total. The van der Waals surface area contributed by atoms with Crippen LogP contribution in [0, 0.1) is 6.92 Å². The van der Waals surface area contributed by atoms with Crippen molar-refractivity contribution in [3.63, 3.8) is 0 Å². The highest BCUT2D eigenvalue weighted by atomic mass is 79.9. The maximum Gasteiger partial charge on any atom is 0.257 e. The lowest BCUT2D eigenvalue weighted by molar-refractivity contribution is 0.0780. The van der Waals surface area contributed by atoms with Crippen LogP contribution in [0.25, 0.3) is 0 Å². The van der Waals surface area contributed by atoms with Crippen LogP contribution in [0.2, 0.25) is 0 Å². The zero-order chi connectivity index (χ0) is 14.9. The van der Waals surface area contributed by atoms with Gasteiger partial charge in [0.15, 0.2) is 0 Å². The van der Waals surface area contributed by atoms with Crippen LogP contribution in [0.3, 0.4) is 0 Å². The Balaban J connectivity index is 2.20. The SMILES string of the molecule is CCn1ncc(Br)c1CN(C)C(=O)c1cnn(C)c1C. The van der Waals surface area contributed by atoms with Crippen molar-refractivity contribution in [1.29, 1.82) is 0 Å². The molecule has 2 aromatic heterocycles. The summed E-state index contributed by atoms with van der Waals surface area (Å²) in [5.74, 6) is -0.0358. The first-order valence-electron chi connectivity index (χ1n) is 6.40. The topological polar surface area (TPSA) is 56.0 Å². The van der Waals surface area contributed by atoms with E-state index in [1.807, 2.05) is 25.6 Å².